The van der Waals surface area contributed by atoms with Crippen LogP contribution in [0.1, 0.15) is 16.7 Å². The zero-order valence-electron chi connectivity index (χ0n) is 19.4. The van der Waals surface area contributed by atoms with Crippen LogP contribution < -0.4 is 10.1 Å². The predicted molar refractivity (Wildman–Crippen MR) is 139 cm³/mol. The Morgan fingerprint density at radius 1 is 0.946 bits per heavy atom. The first-order chi connectivity index (χ1) is 17.5. The molecule has 0 spiro atoms. The number of benzene rings is 4. The van der Waals surface area contributed by atoms with Gasteiger partial charge in [-0.05, 0) is 65.6 Å². The van der Waals surface area contributed by atoms with Crippen LogP contribution in [0.15, 0.2) is 78.9 Å². The molecule has 37 heavy (non-hydrogen) atoms. The number of phenols is 1. The molecule has 0 heterocycles. The summed E-state index contributed by atoms with van der Waals surface area (Å²) in [5.41, 5.74) is 1.86. The number of nitrogens with one attached hydrogen (secondary N) is 1. The lowest BCUT2D eigenvalue weighted by molar-refractivity contribution is -0.137. The van der Waals surface area contributed by atoms with Gasteiger partial charge in [0.15, 0.2) is 0 Å². The molecule has 0 unspecified atom stereocenters. The van der Waals surface area contributed by atoms with Crippen molar-refractivity contribution in [2.75, 3.05) is 5.32 Å². The minimum atomic E-state index is -4.42. The third kappa shape index (κ3) is 6.56. The van der Waals surface area contributed by atoms with Gasteiger partial charge in [0.2, 0.25) is 5.91 Å². The van der Waals surface area contributed by atoms with Crippen molar-refractivity contribution in [3.63, 3.8) is 0 Å². The van der Waals surface area contributed by atoms with Crippen LogP contribution in [-0.4, -0.2) is 11.0 Å². The molecule has 4 nitrogen and oxygen atoms in total. The van der Waals surface area contributed by atoms with Crippen molar-refractivity contribution in [2.24, 2.45) is 0 Å². The monoisotopic (exact) mass is 545 g/mol. The number of phenolic OH excluding ortho intramolecular Hbond substituents is 1. The van der Waals surface area contributed by atoms with E-state index in [1.165, 1.54) is 18.2 Å². The van der Waals surface area contributed by atoms with Crippen LogP contribution >= 0.6 is 23.2 Å². The summed E-state index contributed by atoms with van der Waals surface area (Å²) in [6, 6.07) is 19.4. The predicted octanol–water partition coefficient (Wildman–Crippen LogP) is 8.67. The molecule has 0 bridgehead atoms. The molecule has 0 saturated carbocycles. The summed E-state index contributed by atoms with van der Waals surface area (Å²) in [7, 11) is 0. The van der Waals surface area contributed by atoms with Gasteiger partial charge in [-0.1, -0.05) is 59.6 Å². The maximum absolute atomic E-state index is 13.0. The molecule has 0 radical (unpaired) electrons. The van der Waals surface area contributed by atoms with Crippen molar-refractivity contribution in [3.05, 3.63) is 106 Å². The van der Waals surface area contributed by atoms with Crippen LogP contribution in [0.4, 0.5) is 18.9 Å². The third-order valence-corrected chi connectivity index (χ3v) is 6.00. The van der Waals surface area contributed by atoms with Crippen molar-refractivity contribution in [2.45, 2.75) is 19.5 Å². The van der Waals surface area contributed by atoms with E-state index in [1.807, 2.05) is 0 Å². The van der Waals surface area contributed by atoms with E-state index < -0.39 is 11.7 Å². The molecule has 0 aliphatic rings. The lowest BCUT2D eigenvalue weighted by Gasteiger charge is -2.13. The number of hydrogen-bond donors (Lipinski definition) is 2. The second-order valence-electron chi connectivity index (χ2n) is 8.32. The molecule has 9 heteroatoms. The van der Waals surface area contributed by atoms with Crippen molar-refractivity contribution in [1.29, 1.82) is 0 Å². The quantitative estimate of drug-likeness (QED) is 0.238. The Morgan fingerprint density at radius 2 is 1.68 bits per heavy atom. The first-order valence-electron chi connectivity index (χ1n) is 11.0. The normalized spacial score (nSPS) is 11.3. The smallest absolute Gasteiger partial charge is 0.416 e. The van der Waals surface area contributed by atoms with E-state index in [-0.39, 0.29) is 23.8 Å². The summed E-state index contributed by atoms with van der Waals surface area (Å²) >= 11 is 12.2. The largest absolute Gasteiger partial charge is 0.506 e. The van der Waals surface area contributed by atoms with E-state index in [0.717, 1.165) is 12.1 Å². The minimum Gasteiger partial charge on any atom is -0.506 e. The van der Waals surface area contributed by atoms with Crippen LogP contribution in [0, 0.1) is 6.92 Å². The molecule has 190 valence electrons. The maximum atomic E-state index is 13.0. The number of ether oxygens (including phenoxy) is 1. The average Bonchev–Trinajstić information content (AvgIpc) is 2.83. The third-order valence-electron chi connectivity index (χ3n) is 5.50. The van der Waals surface area contributed by atoms with Crippen LogP contribution in [0.3, 0.4) is 0 Å². The molecule has 0 aromatic heterocycles. The zero-order valence-corrected chi connectivity index (χ0v) is 20.9. The van der Waals surface area contributed by atoms with Gasteiger partial charge in [-0.15, -0.1) is 0 Å². The second-order valence-corrected chi connectivity index (χ2v) is 9.16. The van der Waals surface area contributed by atoms with E-state index >= 15 is 0 Å². The Labute approximate surface area is 221 Å². The first-order valence-corrected chi connectivity index (χ1v) is 11.8. The van der Waals surface area contributed by atoms with Gasteiger partial charge in [0, 0.05) is 11.1 Å². The van der Waals surface area contributed by atoms with Crippen molar-refractivity contribution >= 4 is 34.8 Å². The van der Waals surface area contributed by atoms with Crippen LogP contribution in [0.25, 0.3) is 11.1 Å². The maximum Gasteiger partial charge on any atom is 0.416 e. The summed E-state index contributed by atoms with van der Waals surface area (Å²) in [6.45, 7) is 1.79. The van der Waals surface area contributed by atoms with Crippen molar-refractivity contribution < 1.29 is 27.8 Å². The van der Waals surface area contributed by atoms with E-state index in [2.05, 4.69) is 5.32 Å². The van der Waals surface area contributed by atoms with Crippen molar-refractivity contribution in [3.8, 4) is 28.4 Å². The molecular weight excluding hydrogens is 526 g/mol. The lowest BCUT2D eigenvalue weighted by atomic mass is 10.0. The van der Waals surface area contributed by atoms with E-state index in [4.69, 9.17) is 27.9 Å². The van der Waals surface area contributed by atoms with Gasteiger partial charge in [-0.2, -0.15) is 13.2 Å². The average molecular weight is 546 g/mol. The highest BCUT2D eigenvalue weighted by atomic mass is 35.5. The van der Waals surface area contributed by atoms with Crippen LogP contribution in [-0.2, 0) is 17.4 Å². The highest BCUT2D eigenvalue weighted by molar-refractivity contribution is 6.35. The molecule has 4 aromatic carbocycles. The number of aromatic hydroxyl groups is 1. The summed E-state index contributed by atoms with van der Waals surface area (Å²) in [5.74, 6) is 0.129. The van der Waals surface area contributed by atoms with Crippen molar-refractivity contribution in [1.82, 2.24) is 0 Å². The lowest BCUT2D eigenvalue weighted by Crippen LogP contribution is -2.14. The zero-order chi connectivity index (χ0) is 26.7. The van der Waals surface area contributed by atoms with Gasteiger partial charge < -0.3 is 15.2 Å². The van der Waals surface area contributed by atoms with E-state index in [1.54, 1.807) is 55.5 Å². The summed E-state index contributed by atoms with van der Waals surface area (Å²) < 4.78 is 44.7. The highest BCUT2D eigenvalue weighted by Gasteiger charge is 2.30. The second kappa shape index (κ2) is 10.7. The summed E-state index contributed by atoms with van der Waals surface area (Å²) in [5, 5.41) is 13.8. The minimum absolute atomic E-state index is 0.000138. The fourth-order valence-corrected chi connectivity index (χ4v) is 4.32. The van der Waals surface area contributed by atoms with Crippen LogP contribution in [0.2, 0.25) is 10.0 Å². The summed E-state index contributed by atoms with van der Waals surface area (Å²) in [4.78, 5) is 12.5. The van der Waals surface area contributed by atoms with Gasteiger partial charge in [0.25, 0.3) is 0 Å². The molecule has 0 saturated heterocycles. The number of anilines is 1. The molecule has 4 aromatic rings. The van der Waals surface area contributed by atoms with Gasteiger partial charge in [-0.25, -0.2) is 0 Å². The number of aryl methyl sites for hydroxylation is 1. The standard InChI is InChI=1S/C28H20Cl2F3NO3/c1-16-11-21(29)14-23(30)27(16)37-22-9-10-24(25(35)15-22)34-26(36)12-17-5-7-18(8-6-17)19-3-2-4-20(13-19)28(31,32)33/h2-11,13-15,35H,12H2,1H3,(H,34,36). The van der Waals surface area contributed by atoms with Gasteiger partial charge in [-0.3, -0.25) is 4.79 Å². The number of carbonyl (C=O) groups excluding carboxylic acids is 1. The molecule has 4 rings (SSSR count). The Bertz CT molecular complexity index is 1430. The molecule has 0 atom stereocenters. The molecular formula is C28H20Cl2F3NO3. The molecule has 0 aliphatic heterocycles. The number of amides is 1. The van der Waals surface area contributed by atoms with E-state index in [9.17, 15) is 23.1 Å². The fraction of sp³-hybridized carbons (Fsp3) is 0.107. The number of alkyl halides is 3. The fourth-order valence-electron chi connectivity index (χ4n) is 3.69. The first kappa shape index (κ1) is 26.4. The summed E-state index contributed by atoms with van der Waals surface area (Å²) in [6.07, 6.45) is -4.42. The Morgan fingerprint density at radius 3 is 2.32 bits per heavy atom. The molecule has 2 N–H and O–H groups in total. The molecule has 0 fully saturated rings. The number of carbonyl (C=O) groups is 1. The number of rotatable bonds is 6. The number of halogens is 5. The van der Waals surface area contributed by atoms with Gasteiger partial charge in [0.05, 0.1) is 22.7 Å². The Balaban J connectivity index is 1.40. The van der Waals surface area contributed by atoms with E-state index in [0.29, 0.717) is 43.8 Å². The number of hydrogen-bond acceptors (Lipinski definition) is 3. The van der Waals surface area contributed by atoms with Gasteiger partial charge >= 0.3 is 6.18 Å². The Kier molecular flexibility index (Phi) is 7.66. The Hall–Kier alpha value is -3.68. The molecule has 0 aliphatic carbocycles. The van der Waals surface area contributed by atoms with Gasteiger partial charge in [0.1, 0.15) is 17.2 Å². The molecule has 1 amide bonds. The topological polar surface area (TPSA) is 58.6 Å². The van der Waals surface area contributed by atoms with Crippen LogP contribution in [0.5, 0.6) is 17.2 Å². The SMILES string of the molecule is Cc1cc(Cl)cc(Cl)c1Oc1ccc(NC(=O)Cc2ccc(-c3cccc(C(F)(F)F)c3)cc2)c(O)c1. The highest BCUT2D eigenvalue weighted by Crippen LogP contribution is 2.37.